The van der Waals surface area contributed by atoms with Crippen molar-refractivity contribution in [3.8, 4) is 0 Å². The molecular weight excluding hydrogens is 753 g/mol. The highest BCUT2D eigenvalue weighted by Crippen LogP contribution is 2.48. The van der Waals surface area contributed by atoms with E-state index in [0.29, 0.717) is 36.8 Å². The van der Waals surface area contributed by atoms with Crippen LogP contribution < -0.4 is 21.8 Å². The lowest BCUT2D eigenvalue weighted by Crippen LogP contribution is -2.48. The standard InChI is InChI=1S/C43H56FN3O11/c1-5-53-39(50)29-21-27-20-28-26(2)23-42(3,4)47(31(28)22-32(27)56-40(29)51)19-15-16-34(48)54-25-33-35-36(38(55-33)46-24-30(44)37(49)45-41(46)52)58-43(57-35)17-13-11-9-7-6-8-10-12-14-18-43/h20-22,24,26,33,35-36,38H,5-19,23,25H2,1-4H3,(H,45,49,52). The first-order valence-electron chi connectivity index (χ1n) is 21.0. The maximum Gasteiger partial charge on any atom is 0.351 e. The average Bonchev–Trinajstić information content (AvgIpc) is 3.70. The van der Waals surface area contributed by atoms with Crippen molar-refractivity contribution in [2.75, 3.05) is 24.7 Å². The topological polar surface area (TPSA) is 169 Å². The SMILES string of the molecule is CCOC(=O)c1cc2cc3c(cc2oc1=O)N(CCCC(=O)OCC1OC(n2cc(F)c(=O)[nH]c2=O)C2OC4(CCCCCCCCCCC4)OC12)C(C)(C)CC3C. The summed E-state index contributed by atoms with van der Waals surface area (Å²) in [4.78, 5) is 67.5. The third kappa shape index (κ3) is 8.81. The molecule has 1 saturated carbocycles. The molecule has 0 amide bonds. The van der Waals surface area contributed by atoms with Crippen molar-refractivity contribution < 1.29 is 42.1 Å². The van der Waals surface area contributed by atoms with E-state index in [1.54, 1.807) is 6.92 Å². The Balaban J connectivity index is 1.04. The van der Waals surface area contributed by atoms with E-state index in [-0.39, 0.29) is 36.7 Å². The van der Waals surface area contributed by atoms with Crippen molar-refractivity contribution in [1.29, 1.82) is 0 Å². The number of benzene rings is 1. The van der Waals surface area contributed by atoms with Crippen LogP contribution in [0.15, 0.2) is 43.2 Å². The van der Waals surface area contributed by atoms with Gasteiger partial charge in [-0.1, -0.05) is 51.9 Å². The highest BCUT2D eigenvalue weighted by Gasteiger charge is 2.59. The number of nitrogens with one attached hydrogen (secondary N) is 1. The van der Waals surface area contributed by atoms with Crippen LogP contribution in [0, 0.1) is 5.82 Å². The number of halogens is 1. The molecule has 1 spiro atoms. The number of fused-ring (bicyclic) bond motifs is 3. The molecule has 0 bridgehead atoms. The molecule has 3 aliphatic heterocycles. The summed E-state index contributed by atoms with van der Waals surface area (Å²) in [5.41, 5.74) is -0.899. The van der Waals surface area contributed by atoms with Gasteiger partial charge in [-0.2, -0.15) is 4.39 Å². The smallest absolute Gasteiger partial charge is 0.351 e. The normalized spacial score (nSPS) is 25.7. The molecule has 0 radical (unpaired) electrons. The van der Waals surface area contributed by atoms with E-state index in [9.17, 15) is 28.4 Å². The fraction of sp³-hybridized carbons (Fsp3) is 0.651. The van der Waals surface area contributed by atoms with Gasteiger partial charge < -0.3 is 33.0 Å². The van der Waals surface area contributed by atoms with Crippen LogP contribution in [-0.4, -0.2) is 70.9 Å². The summed E-state index contributed by atoms with van der Waals surface area (Å²) in [5, 5.41) is 0.625. The van der Waals surface area contributed by atoms with Crippen LogP contribution in [0.1, 0.15) is 146 Å². The Morgan fingerprint density at radius 3 is 2.29 bits per heavy atom. The van der Waals surface area contributed by atoms with E-state index in [1.165, 1.54) is 25.3 Å². The number of aromatic amines is 1. The molecule has 5 heterocycles. The monoisotopic (exact) mass is 809 g/mol. The molecule has 15 heteroatoms. The molecule has 4 aliphatic rings. The van der Waals surface area contributed by atoms with E-state index in [0.717, 1.165) is 67.0 Å². The molecule has 3 aromatic rings. The lowest BCUT2D eigenvalue weighted by molar-refractivity contribution is -0.229. The van der Waals surface area contributed by atoms with Crippen molar-refractivity contribution in [3.05, 3.63) is 72.6 Å². The summed E-state index contributed by atoms with van der Waals surface area (Å²) >= 11 is 0. The Bertz CT molecular complexity index is 2150. The molecule has 1 aromatic carbocycles. The van der Waals surface area contributed by atoms with E-state index in [1.807, 2.05) is 17.1 Å². The number of carbonyl (C=O) groups excluding carboxylic acids is 2. The molecule has 14 nitrogen and oxygen atoms in total. The van der Waals surface area contributed by atoms with Gasteiger partial charge in [-0.15, -0.1) is 0 Å². The number of hydrogen-bond donors (Lipinski definition) is 1. The van der Waals surface area contributed by atoms with E-state index in [2.05, 4.69) is 25.7 Å². The van der Waals surface area contributed by atoms with Gasteiger partial charge in [-0.25, -0.2) is 14.4 Å². The molecule has 5 unspecified atom stereocenters. The minimum Gasteiger partial charge on any atom is -0.463 e. The van der Waals surface area contributed by atoms with Crippen molar-refractivity contribution in [3.63, 3.8) is 0 Å². The fourth-order valence-electron chi connectivity index (χ4n) is 9.40. The second-order valence-electron chi connectivity index (χ2n) is 16.9. The summed E-state index contributed by atoms with van der Waals surface area (Å²) in [6, 6.07) is 5.31. The Morgan fingerprint density at radius 1 is 0.931 bits per heavy atom. The summed E-state index contributed by atoms with van der Waals surface area (Å²) in [7, 11) is 0. The number of esters is 2. The molecule has 1 N–H and O–H groups in total. The van der Waals surface area contributed by atoms with E-state index < -0.39 is 65.0 Å². The van der Waals surface area contributed by atoms with Crippen LogP contribution >= 0.6 is 0 Å². The molecule has 7 rings (SSSR count). The summed E-state index contributed by atoms with van der Waals surface area (Å²) < 4.78 is 51.6. The zero-order chi connectivity index (χ0) is 41.2. The Morgan fingerprint density at radius 2 is 1.60 bits per heavy atom. The molecule has 1 aliphatic carbocycles. The highest BCUT2D eigenvalue weighted by atomic mass is 19.1. The van der Waals surface area contributed by atoms with Crippen LogP contribution in [-0.2, 0) is 28.5 Å². The van der Waals surface area contributed by atoms with Crippen LogP contribution in [0.4, 0.5) is 10.1 Å². The Labute approximate surface area is 336 Å². The molecule has 58 heavy (non-hydrogen) atoms. The predicted molar refractivity (Wildman–Crippen MR) is 212 cm³/mol. The van der Waals surface area contributed by atoms with Gasteiger partial charge in [-0.05, 0) is 70.1 Å². The van der Waals surface area contributed by atoms with Gasteiger partial charge in [0.1, 0.15) is 36.1 Å². The van der Waals surface area contributed by atoms with Crippen LogP contribution in [0.25, 0.3) is 11.0 Å². The van der Waals surface area contributed by atoms with Gasteiger partial charge in [0.2, 0.25) is 5.82 Å². The summed E-state index contributed by atoms with van der Waals surface area (Å²) in [6.07, 6.45) is 9.85. The van der Waals surface area contributed by atoms with Crippen LogP contribution in [0.2, 0.25) is 0 Å². The van der Waals surface area contributed by atoms with Gasteiger partial charge in [0.15, 0.2) is 12.0 Å². The lowest BCUT2D eigenvalue weighted by atomic mass is 9.79. The zero-order valence-electron chi connectivity index (χ0n) is 34.0. The summed E-state index contributed by atoms with van der Waals surface area (Å²) in [6.45, 7) is 8.55. The number of nitrogens with zero attached hydrogens (tertiary/aromatic N) is 2. The fourth-order valence-corrected chi connectivity index (χ4v) is 9.40. The second kappa shape index (κ2) is 17.5. The Kier molecular flexibility index (Phi) is 12.6. The molecule has 2 aromatic heterocycles. The molecule has 2 saturated heterocycles. The maximum atomic E-state index is 14.5. The van der Waals surface area contributed by atoms with Crippen molar-refractivity contribution >= 4 is 28.6 Å². The van der Waals surface area contributed by atoms with E-state index in [4.69, 9.17) is 28.1 Å². The first-order chi connectivity index (χ1) is 27.8. The molecular formula is C43H56FN3O11. The first kappa shape index (κ1) is 41.8. The minimum absolute atomic E-state index is 0.0964. The van der Waals surface area contributed by atoms with Crippen LogP contribution in [0.5, 0.6) is 0 Å². The van der Waals surface area contributed by atoms with Crippen molar-refractivity contribution in [2.45, 2.75) is 159 Å². The average molecular weight is 810 g/mol. The third-order valence-corrected chi connectivity index (χ3v) is 12.2. The van der Waals surface area contributed by atoms with Crippen molar-refractivity contribution in [1.82, 2.24) is 9.55 Å². The van der Waals surface area contributed by atoms with Gasteiger partial charge in [-0.3, -0.25) is 19.1 Å². The number of hydrogen-bond acceptors (Lipinski definition) is 12. The highest BCUT2D eigenvalue weighted by molar-refractivity contribution is 5.94. The molecule has 3 fully saturated rings. The zero-order valence-corrected chi connectivity index (χ0v) is 34.0. The van der Waals surface area contributed by atoms with Gasteiger partial charge in [0, 0.05) is 48.5 Å². The van der Waals surface area contributed by atoms with Gasteiger partial charge >= 0.3 is 23.3 Å². The second-order valence-corrected chi connectivity index (χ2v) is 16.9. The maximum absolute atomic E-state index is 14.5. The number of anilines is 1. The minimum atomic E-state index is -1.14. The van der Waals surface area contributed by atoms with Crippen molar-refractivity contribution in [2.24, 2.45) is 0 Å². The van der Waals surface area contributed by atoms with Gasteiger partial charge in [0.05, 0.1) is 12.8 Å². The quantitative estimate of drug-likeness (QED) is 0.179. The predicted octanol–water partition coefficient (Wildman–Crippen LogP) is 6.76. The number of rotatable bonds is 9. The first-order valence-corrected chi connectivity index (χ1v) is 21.0. The molecule has 5 atom stereocenters. The number of ether oxygens (including phenoxy) is 5. The summed E-state index contributed by atoms with van der Waals surface area (Å²) in [5.74, 6) is -3.06. The Hall–Kier alpha value is -4.34. The third-order valence-electron chi connectivity index (χ3n) is 12.2. The number of carbonyl (C=O) groups is 2. The lowest BCUT2D eigenvalue weighted by Gasteiger charge is -2.47. The molecule has 316 valence electrons. The van der Waals surface area contributed by atoms with Gasteiger partial charge in [0.25, 0.3) is 5.56 Å². The largest absolute Gasteiger partial charge is 0.463 e. The number of aromatic nitrogens is 2. The van der Waals surface area contributed by atoms with Crippen LogP contribution in [0.3, 0.4) is 0 Å². The number of H-pyrrole nitrogens is 1. The van der Waals surface area contributed by atoms with E-state index >= 15 is 0 Å².